The molecule has 3 aromatic heterocycles. The van der Waals surface area contributed by atoms with Crippen LogP contribution in [0.25, 0.3) is 21.6 Å². The number of nitrogens with zero attached hydrogens (tertiary/aromatic N) is 2. The van der Waals surface area contributed by atoms with Crippen LogP contribution in [0.3, 0.4) is 0 Å². The number of pyridine rings is 1. The second-order valence-electron chi connectivity index (χ2n) is 5.61. The number of imidazole rings is 1. The molecular weight excluding hydrogens is 348 g/mol. The summed E-state index contributed by atoms with van der Waals surface area (Å²) in [5.74, 6) is 1.03. The van der Waals surface area contributed by atoms with Gasteiger partial charge >= 0.3 is 0 Å². The summed E-state index contributed by atoms with van der Waals surface area (Å²) in [4.78, 5) is 25.8. The minimum absolute atomic E-state index is 0.192. The number of fused-ring (bicyclic) bond motifs is 1. The fraction of sp³-hybridized carbons (Fsp3) is 0.105. The van der Waals surface area contributed by atoms with E-state index in [-0.39, 0.29) is 12.5 Å². The maximum absolute atomic E-state index is 12.6. The summed E-state index contributed by atoms with van der Waals surface area (Å²) < 4.78 is 5.38. The Bertz CT molecular complexity index is 1020. The quantitative estimate of drug-likeness (QED) is 0.567. The van der Waals surface area contributed by atoms with E-state index < -0.39 is 0 Å². The molecule has 0 radical (unpaired) electrons. The van der Waals surface area contributed by atoms with Gasteiger partial charge in [-0.05, 0) is 23.8 Å². The molecule has 130 valence electrons. The lowest BCUT2D eigenvalue weighted by atomic mass is 10.2. The van der Waals surface area contributed by atoms with Crippen LogP contribution in [-0.4, -0.2) is 28.0 Å². The predicted molar refractivity (Wildman–Crippen MR) is 101 cm³/mol. The first kappa shape index (κ1) is 16.3. The van der Waals surface area contributed by atoms with Crippen LogP contribution in [0.5, 0.6) is 5.75 Å². The molecule has 4 rings (SSSR count). The largest absolute Gasteiger partial charge is 0.495 e. The first-order valence-corrected chi connectivity index (χ1v) is 8.87. The van der Waals surface area contributed by atoms with Crippen molar-refractivity contribution in [1.82, 2.24) is 20.3 Å². The summed E-state index contributed by atoms with van der Waals surface area (Å²) in [5, 5.41) is 2.89. The number of hydrogen-bond donors (Lipinski definition) is 2. The number of carbonyl (C=O) groups excluding carboxylic acids is 1. The number of ether oxygens (including phenoxy) is 1. The van der Waals surface area contributed by atoms with Gasteiger partial charge in [0.25, 0.3) is 5.91 Å². The number of nitrogens with one attached hydrogen (secondary N) is 2. The summed E-state index contributed by atoms with van der Waals surface area (Å²) in [7, 11) is 1.57. The highest BCUT2D eigenvalue weighted by Crippen LogP contribution is 2.36. The van der Waals surface area contributed by atoms with Crippen molar-refractivity contribution in [2.75, 3.05) is 7.11 Å². The molecule has 2 N–H and O–H groups in total. The van der Waals surface area contributed by atoms with Gasteiger partial charge in [0.05, 0.1) is 19.2 Å². The Hall–Kier alpha value is -3.19. The van der Waals surface area contributed by atoms with Gasteiger partial charge in [0.2, 0.25) is 0 Å². The molecule has 3 heterocycles. The average Bonchev–Trinajstić information content (AvgIpc) is 3.30. The topological polar surface area (TPSA) is 79.9 Å². The number of carbonyl (C=O) groups is 1. The van der Waals surface area contributed by atoms with Crippen molar-refractivity contribution in [3.8, 4) is 16.2 Å². The van der Waals surface area contributed by atoms with Gasteiger partial charge < -0.3 is 15.0 Å². The SMILES string of the molecule is COc1cc(-c2ccccc2)sc1C(=O)NCc1nc2ncccc2[nH]1. The molecule has 0 aliphatic heterocycles. The van der Waals surface area contributed by atoms with E-state index >= 15 is 0 Å². The van der Waals surface area contributed by atoms with Gasteiger partial charge in [0.15, 0.2) is 5.65 Å². The monoisotopic (exact) mass is 364 g/mol. The minimum atomic E-state index is -0.192. The smallest absolute Gasteiger partial charge is 0.265 e. The highest BCUT2D eigenvalue weighted by Gasteiger charge is 2.18. The summed E-state index contributed by atoms with van der Waals surface area (Å²) in [6.45, 7) is 0.289. The minimum Gasteiger partial charge on any atom is -0.495 e. The maximum atomic E-state index is 12.6. The van der Waals surface area contributed by atoms with Gasteiger partial charge in [-0.25, -0.2) is 9.97 Å². The van der Waals surface area contributed by atoms with Crippen LogP contribution < -0.4 is 10.1 Å². The molecule has 1 amide bonds. The van der Waals surface area contributed by atoms with Crippen LogP contribution in [0.4, 0.5) is 0 Å². The third kappa shape index (κ3) is 3.16. The second kappa shape index (κ2) is 6.97. The first-order valence-electron chi connectivity index (χ1n) is 8.05. The Morgan fingerprint density at radius 1 is 1.23 bits per heavy atom. The molecule has 0 saturated heterocycles. The van der Waals surface area contributed by atoms with Crippen LogP contribution in [0, 0.1) is 0 Å². The van der Waals surface area contributed by atoms with Crippen molar-refractivity contribution in [3.63, 3.8) is 0 Å². The maximum Gasteiger partial charge on any atom is 0.265 e. The molecule has 1 aromatic carbocycles. The van der Waals surface area contributed by atoms with Gasteiger partial charge in [-0.2, -0.15) is 0 Å². The summed E-state index contributed by atoms with van der Waals surface area (Å²) in [5.41, 5.74) is 2.53. The number of amides is 1. The Morgan fingerprint density at radius 3 is 2.85 bits per heavy atom. The van der Waals surface area contributed by atoms with Crippen LogP contribution >= 0.6 is 11.3 Å². The van der Waals surface area contributed by atoms with Crippen LogP contribution in [-0.2, 0) is 6.54 Å². The number of rotatable bonds is 5. The second-order valence-corrected chi connectivity index (χ2v) is 6.67. The standard InChI is InChI=1S/C19H16N4O2S/c1-25-14-10-15(12-6-3-2-4-7-12)26-17(14)19(24)21-11-16-22-13-8-5-9-20-18(13)23-16/h2-10H,11H2,1H3,(H,21,24)(H,20,22,23). The number of thiophene rings is 1. The average molecular weight is 364 g/mol. The number of benzene rings is 1. The lowest BCUT2D eigenvalue weighted by Crippen LogP contribution is -2.22. The van der Waals surface area contributed by atoms with Crippen molar-refractivity contribution in [2.45, 2.75) is 6.54 Å². The molecular formula is C19H16N4O2S. The van der Waals surface area contributed by atoms with E-state index in [9.17, 15) is 4.79 Å². The summed E-state index contributed by atoms with van der Waals surface area (Å²) in [6.07, 6.45) is 1.69. The normalized spacial score (nSPS) is 10.8. The van der Waals surface area contributed by atoms with E-state index in [1.165, 1.54) is 11.3 Å². The van der Waals surface area contributed by atoms with Crippen molar-refractivity contribution < 1.29 is 9.53 Å². The van der Waals surface area contributed by atoms with Gasteiger partial charge in [-0.1, -0.05) is 30.3 Å². The van der Waals surface area contributed by atoms with E-state index in [2.05, 4.69) is 20.3 Å². The van der Waals surface area contributed by atoms with Crippen LogP contribution in [0.15, 0.2) is 54.7 Å². The lowest BCUT2D eigenvalue weighted by molar-refractivity contribution is 0.0951. The Balaban J connectivity index is 1.53. The molecule has 0 unspecified atom stereocenters. The number of aromatic nitrogens is 3. The Labute approximate surface area is 153 Å². The highest BCUT2D eigenvalue weighted by molar-refractivity contribution is 7.17. The zero-order valence-electron chi connectivity index (χ0n) is 14.0. The van der Waals surface area contributed by atoms with Crippen molar-refractivity contribution in [1.29, 1.82) is 0 Å². The number of H-pyrrole nitrogens is 1. The molecule has 0 fully saturated rings. The Morgan fingerprint density at radius 2 is 2.08 bits per heavy atom. The molecule has 0 aliphatic rings. The van der Waals surface area contributed by atoms with Crippen molar-refractivity contribution >= 4 is 28.4 Å². The predicted octanol–water partition coefficient (Wildman–Crippen LogP) is 3.63. The fourth-order valence-corrected chi connectivity index (χ4v) is 3.70. The van der Waals surface area contributed by atoms with Crippen LogP contribution in [0.1, 0.15) is 15.5 Å². The fourth-order valence-electron chi connectivity index (χ4n) is 2.65. The van der Waals surface area contributed by atoms with E-state index in [1.807, 2.05) is 48.5 Å². The molecule has 26 heavy (non-hydrogen) atoms. The Kier molecular flexibility index (Phi) is 4.37. The molecule has 4 aromatic rings. The van der Waals surface area contributed by atoms with Crippen LogP contribution in [0.2, 0.25) is 0 Å². The number of hydrogen-bond acceptors (Lipinski definition) is 5. The molecule has 7 heteroatoms. The van der Waals surface area contributed by atoms with E-state index in [4.69, 9.17) is 4.74 Å². The molecule has 6 nitrogen and oxygen atoms in total. The number of methoxy groups -OCH3 is 1. The summed E-state index contributed by atoms with van der Waals surface area (Å²) >= 11 is 1.41. The number of aromatic amines is 1. The summed E-state index contributed by atoms with van der Waals surface area (Å²) in [6, 6.07) is 15.5. The third-order valence-corrected chi connectivity index (χ3v) is 5.07. The molecule has 0 saturated carbocycles. The van der Waals surface area contributed by atoms with Crippen molar-refractivity contribution in [3.05, 3.63) is 65.4 Å². The highest BCUT2D eigenvalue weighted by atomic mass is 32.1. The zero-order valence-corrected chi connectivity index (χ0v) is 14.8. The van der Waals surface area contributed by atoms with Crippen molar-refractivity contribution in [2.24, 2.45) is 0 Å². The van der Waals surface area contributed by atoms with E-state index in [0.717, 1.165) is 16.0 Å². The molecule has 0 aliphatic carbocycles. The molecule has 0 spiro atoms. The van der Waals surface area contributed by atoms with Gasteiger partial charge in [-0.3, -0.25) is 4.79 Å². The zero-order chi connectivity index (χ0) is 17.9. The molecule has 0 atom stereocenters. The van der Waals surface area contributed by atoms with Gasteiger partial charge in [0, 0.05) is 11.1 Å². The van der Waals surface area contributed by atoms with Gasteiger partial charge in [-0.15, -0.1) is 11.3 Å². The van der Waals surface area contributed by atoms with E-state index in [0.29, 0.717) is 22.1 Å². The molecule has 0 bridgehead atoms. The van der Waals surface area contributed by atoms with Gasteiger partial charge in [0.1, 0.15) is 16.5 Å². The third-order valence-electron chi connectivity index (χ3n) is 3.91. The van der Waals surface area contributed by atoms with E-state index in [1.54, 1.807) is 13.3 Å². The first-order chi connectivity index (χ1) is 12.7. The lowest BCUT2D eigenvalue weighted by Gasteiger charge is -2.03.